The van der Waals surface area contributed by atoms with Crippen LogP contribution in [0.4, 0.5) is 0 Å². The van der Waals surface area contributed by atoms with Crippen LogP contribution in [0, 0.1) is 0 Å². The zero-order valence-electron chi connectivity index (χ0n) is 11.9. The van der Waals surface area contributed by atoms with Crippen molar-refractivity contribution in [3.05, 3.63) is 0 Å². The first-order valence-electron chi connectivity index (χ1n) is 7.20. The van der Waals surface area contributed by atoms with Gasteiger partial charge in [0.15, 0.2) is 0 Å². The fourth-order valence-electron chi connectivity index (χ4n) is 2.69. The van der Waals surface area contributed by atoms with Crippen LogP contribution in [0.1, 0.15) is 46.5 Å². The quantitative estimate of drug-likeness (QED) is 0.730. The summed E-state index contributed by atoms with van der Waals surface area (Å²) < 4.78 is 5.18. The van der Waals surface area contributed by atoms with Gasteiger partial charge in [-0.15, -0.1) is 0 Å². The molecule has 2 aliphatic rings. The van der Waals surface area contributed by atoms with Crippen LogP contribution in [0.5, 0.6) is 0 Å². The minimum Gasteiger partial charge on any atom is -0.465 e. The first-order valence-corrected chi connectivity index (χ1v) is 7.20. The Bertz CT molecular complexity index is 300. The molecule has 0 aromatic heterocycles. The molecule has 1 atom stereocenters. The maximum absolute atomic E-state index is 12.0. The number of rotatable bonds is 6. The highest BCUT2D eigenvalue weighted by atomic mass is 16.5. The minimum atomic E-state index is -0.158. The molecular formula is C14H26N2O2. The van der Waals surface area contributed by atoms with Crippen LogP contribution in [-0.4, -0.2) is 48.2 Å². The van der Waals surface area contributed by atoms with E-state index in [9.17, 15) is 4.79 Å². The molecule has 0 amide bonds. The predicted octanol–water partition coefficient (Wildman–Crippen LogP) is 1.54. The summed E-state index contributed by atoms with van der Waals surface area (Å²) in [7, 11) is 0. The molecule has 4 nitrogen and oxygen atoms in total. The Morgan fingerprint density at radius 3 is 2.72 bits per heavy atom. The van der Waals surface area contributed by atoms with Crippen molar-refractivity contribution in [1.29, 1.82) is 0 Å². The van der Waals surface area contributed by atoms with Gasteiger partial charge in [-0.05, 0) is 53.0 Å². The van der Waals surface area contributed by atoms with Gasteiger partial charge in [-0.2, -0.15) is 0 Å². The van der Waals surface area contributed by atoms with E-state index >= 15 is 0 Å². The lowest BCUT2D eigenvalue weighted by atomic mass is 10.0. The minimum absolute atomic E-state index is 0.0906. The van der Waals surface area contributed by atoms with Crippen LogP contribution < -0.4 is 5.32 Å². The van der Waals surface area contributed by atoms with Gasteiger partial charge in [-0.1, -0.05) is 0 Å². The normalized spacial score (nSPS) is 25.1. The van der Waals surface area contributed by atoms with E-state index in [1.165, 1.54) is 25.7 Å². The average Bonchev–Trinajstić information content (AvgIpc) is 3.04. The third-order valence-corrected chi connectivity index (χ3v) is 4.06. The lowest BCUT2D eigenvalue weighted by Crippen LogP contribution is -2.51. The summed E-state index contributed by atoms with van der Waals surface area (Å²) in [5.41, 5.74) is 0.218. The average molecular weight is 254 g/mol. The predicted molar refractivity (Wildman–Crippen MR) is 71.5 cm³/mol. The van der Waals surface area contributed by atoms with Crippen molar-refractivity contribution in [2.24, 2.45) is 0 Å². The molecule has 18 heavy (non-hydrogen) atoms. The van der Waals surface area contributed by atoms with Gasteiger partial charge in [0.05, 0.1) is 6.61 Å². The van der Waals surface area contributed by atoms with Gasteiger partial charge in [-0.3, -0.25) is 9.69 Å². The van der Waals surface area contributed by atoms with Gasteiger partial charge in [0.25, 0.3) is 0 Å². The van der Waals surface area contributed by atoms with Crippen LogP contribution in [0.3, 0.4) is 0 Å². The van der Waals surface area contributed by atoms with Gasteiger partial charge in [0.1, 0.15) is 6.04 Å². The molecule has 0 aromatic rings. The van der Waals surface area contributed by atoms with Crippen LogP contribution in [0.25, 0.3) is 0 Å². The van der Waals surface area contributed by atoms with Crippen molar-refractivity contribution >= 4 is 5.97 Å². The first-order chi connectivity index (χ1) is 8.53. The van der Waals surface area contributed by atoms with Crippen molar-refractivity contribution in [2.45, 2.75) is 64.1 Å². The molecule has 1 saturated heterocycles. The van der Waals surface area contributed by atoms with Gasteiger partial charge in [-0.25, -0.2) is 0 Å². The zero-order valence-corrected chi connectivity index (χ0v) is 11.9. The fraction of sp³-hybridized carbons (Fsp3) is 0.929. The molecule has 1 heterocycles. The van der Waals surface area contributed by atoms with E-state index < -0.39 is 0 Å². The zero-order chi connectivity index (χ0) is 13.2. The largest absolute Gasteiger partial charge is 0.465 e. The molecule has 1 saturated carbocycles. The van der Waals surface area contributed by atoms with Crippen LogP contribution >= 0.6 is 0 Å². The van der Waals surface area contributed by atoms with Gasteiger partial charge < -0.3 is 10.1 Å². The van der Waals surface area contributed by atoms with Crippen LogP contribution in [0.2, 0.25) is 0 Å². The van der Waals surface area contributed by atoms with Crippen molar-refractivity contribution in [2.75, 3.05) is 19.7 Å². The summed E-state index contributed by atoms with van der Waals surface area (Å²) in [5, 5.41) is 3.42. The van der Waals surface area contributed by atoms with E-state index in [4.69, 9.17) is 4.74 Å². The molecule has 104 valence electrons. The van der Waals surface area contributed by atoms with E-state index in [0.29, 0.717) is 12.6 Å². The lowest BCUT2D eigenvalue weighted by molar-refractivity contribution is -0.146. The molecule has 0 spiro atoms. The van der Waals surface area contributed by atoms with Gasteiger partial charge in [0, 0.05) is 18.1 Å². The van der Waals surface area contributed by atoms with Crippen molar-refractivity contribution in [3.63, 3.8) is 0 Å². The summed E-state index contributed by atoms with van der Waals surface area (Å²) >= 11 is 0. The molecule has 1 unspecified atom stereocenters. The molecular weight excluding hydrogens is 228 g/mol. The van der Waals surface area contributed by atoms with Crippen molar-refractivity contribution in [1.82, 2.24) is 10.2 Å². The maximum atomic E-state index is 12.0. The summed E-state index contributed by atoms with van der Waals surface area (Å²) in [6, 6.07) is 0.375. The number of nitrogens with one attached hydrogen (secondary N) is 1. The number of carbonyl (C=O) groups is 1. The summed E-state index contributed by atoms with van der Waals surface area (Å²) in [6.07, 6.45) is 4.83. The highest BCUT2D eigenvalue weighted by molar-refractivity contribution is 5.76. The number of carbonyl (C=O) groups excluding carboxylic acids is 1. The Kier molecular flexibility index (Phi) is 4.28. The number of ether oxygens (including phenoxy) is 1. The fourth-order valence-corrected chi connectivity index (χ4v) is 2.69. The molecule has 1 N–H and O–H groups in total. The number of hydrogen-bond acceptors (Lipinski definition) is 4. The second kappa shape index (κ2) is 5.57. The highest BCUT2D eigenvalue weighted by Gasteiger charge is 2.37. The SMILES string of the molecule is CCOC(=O)C(CN1CCCC1(C)C)NC1CC1. The standard InChI is InChI=1S/C14H26N2O2/c1-4-18-13(17)12(15-11-6-7-11)10-16-9-5-8-14(16,2)3/h11-12,15H,4-10H2,1-3H3. The van der Waals surface area contributed by atoms with E-state index in [1.807, 2.05) is 6.92 Å². The first kappa shape index (κ1) is 13.8. The van der Waals surface area contributed by atoms with Gasteiger partial charge in [0.2, 0.25) is 0 Å². The molecule has 1 aliphatic carbocycles. The molecule has 0 radical (unpaired) electrons. The summed E-state index contributed by atoms with van der Waals surface area (Å²) in [5.74, 6) is -0.0906. The van der Waals surface area contributed by atoms with Crippen LogP contribution in [0.15, 0.2) is 0 Å². The highest BCUT2D eigenvalue weighted by Crippen LogP contribution is 2.28. The second-order valence-electron chi connectivity index (χ2n) is 6.11. The van der Waals surface area contributed by atoms with Gasteiger partial charge >= 0.3 is 5.97 Å². The third kappa shape index (κ3) is 3.45. The molecule has 0 aromatic carbocycles. The van der Waals surface area contributed by atoms with E-state index in [0.717, 1.165) is 13.1 Å². The monoisotopic (exact) mass is 254 g/mol. The summed E-state index contributed by atoms with van der Waals surface area (Å²) in [4.78, 5) is 14.4. The number of likely N-dealkylation sites (tertiary alicyclic amines) is 1. The number of hydrogen-bond donors (Lipinski definition) is 1. The molecule has 2 fully saturated rings. The Balaban J connectivity index is 1.93. The van der Waals surface area contributed by atoms with E-state index in [1.54, 1.807) is 0 Å². The Morgan fingerprint density at radius 2 is 2.22 bits per heavy atom. The Hall–Kier alpha value is -0.610. The topological polar surface area (TPSA) is 41.6 Å². The summed E-state index contributed by atoms with van der Waals surface area (Å²) in [6.45, 7) is 8.73. The van der Waals surface area contributed by atoms with Crippen molar-refractivity contribution in [3.8, 4) is 0 Å². The molecule has 2 rings (SSSR count). The molecule has 4 heteroatoms. The van der Waals surface area contributed by atoms with E-state index in [2.05, 4.69) is 24.1 Å². The maximum Gasteiger partial charge on any atom is 0.324 e. The lowest BCUT2D eigenvalue weighted by Gasteiger charge is -2.34. The molecule has 0 bridgehead atoms. The number of esters is 1. The Morgan fingerprint density at radius 1 is 1.50 bits per heavy atom. The number of nitrogens with zero attached hydrogens (tertiary/aromatic N) is 1. The Labute approximate surface area is 110 Å². The smallest absolute Gasteiger partial charge is 0.324 e. The van der Waals surface area contributed by atoms with Crippen LogP contribution in [-0.2, 0) is 9.53 Å². The third-order valence-electron chi connectivity index (χ3n) is 4.06. The molecule has 1 aliphatic heterocycles. The van der Waals surface area contributed by atoms with E-state index in [-0.39, 0.29) is 17.6 Å². The van der Waals surface area contributed by atoms with Crippen molar-refractivity contribution < 1.29 is 9.53 Å². The second-order valence-corrected chi connectivity index (χ2v) is 6.11.